The maximum Gasteiger partial charge on any atom is 0.0700 e. The molecule has 0 radical (unpaired) electrons. The molecule has 1 saturated heterocycles. The number of nitrogens with zero attached hydrogens (tertiary/aromatic N) is 1. The summed E-state index contributed by atoms with van der Waals surface area (Å²) in [6, 6.07) is 0. The number of nitrogens with one attached hydrogen (secondary N) is 1. The fourth-order valence-corrected chi connectivity index (χ4v) is 1.76. The molecule has 0 amide bonds. The molecule has 1 N–H and O–H groups in total. The molecule has 90 valence electrons. The zero-order valence-electron chi connectivity index (χ0n) is 9.83. The molecule has 15 heavy (non-hydrogen) atoms. The first-order chi connectivity index (χ1) is 7.43. The largest absolute Gasteiger partial charge is 0.382 e. The molecular weight excluding hydrogens is 192 g/mol. The predicted octanol–water partition coefficient (Wildman–Crippen LogP) is 0.335. The SMILES string of the molecule is COCCOCCNCCN1CCCC1. The number of hydrogen-bond donors (Lipinski definition) is 1. The molecule has 0 aromatic rings. The summed E-state index contributed by atoms with van der Waals surface area (Å²) in [7, 11) is 1.69. The number of methoxy groups -OCH3 is 1. The van der Waals surface area contributed by atoms with Crippen LogP contribution in [-0.4, -0.2) is 64.6 Å². The second kappa shape index (κ2) is 9.09. The van der Waals surface area contributed by atoms with Gasteiger partial charge in [-0.2, -0.15) is 0 Å². The van der Waals surface area contributed by atoms with E-state index in [2.05, 4.69) is 10.2 Å². The van der Waals surface area contributed by atoms with E-state index in [0.29, 0.717) is 13.2 Å². The molecule has 0 saturated carbocycles. The molecule has 1 heterocycles. The molecule has 0 atom stereocenters. The van der Waals surface area contributed by atoms with Crippen molar-refractivity contribution in [3.05, 3.63) is 0 Å². The van der Waals surface area contributed by atoms with Gasteiger partial charge in [-0.25, -0.2) is 0 Å². The van der Waals surface area contributed by atoms with Crippen LogP contribution in [0, 0.1) is 0 Å². The number of hydrogen-bond acceptors (Lipinski definition) is 4. The van der Waals surface area contributed by atoms with Crippen molar-refractivity contribution in [2.75, 3.05) is 59.7 Å². The van der Waals surface area contributed by atoms with Crippen LogP contribution in [0.15, 0.2) is 0 Å². The molecule has 4 nitrogen and oxygen atoms in total. The molecule has 1 fully saturated rings. The van der Waals surface area contributed by atoms with Gasteiger partial charge in [0.2, 0.25) is 0 Å². The molecule has 0 aromatic carbocycles. The van der Waals surface area contributed by atoms with E-state index >= 15 is 0 Å². The van der Waals surface area contributed by atoms with Crippen LogP contribution in [0.25, 0.3) is 0 Å². The zero-order valence-corrected chi connectivity index (χ0v) is 9.83. The van der Waals surface area contributed by atoms with Gasteiger partial charge in [0.05, 0.1) is 19.8 Å². The summed E-state index contributed by atoms with van der Waals surface area (Å²) < 4.78 is 10.2. The molecular formula is C11H24N2O2. The van der Waals surface area contributed by atoms with Crippen molar-refractivity contribution in [1.29, 1.82) is 0 Å². The van der Waals surface area contributed by atoms with Crippen LogP contribution in [0.4, 0.5) is 0 Å². The monoisotopic (exact) mass is 216 g/mol. The lowest BCUT2D eigenvalue weighted by Crippen LogP contribution is -2.31. The second-order valence-corrected chi connectivity index (χ2v) is 3.90. The first-order valence-corrected chi connectivity index (χ1v) is 5.93. The minimum Gasteiger partial charge on any atom is -0.382 e. The third kappa shape index (κ3) is 6.84. The van der Waals surface area contributed by atoms with Crippen LogP contribution in [0.5, 0.6) is 0 Å². The van der Waals surface area contributed by atoms with Crippen LogP contribution < -0.4 is 5.32 Å². The van der Waals surface area contributed by atoms with Gasteiger partial charge >= 0.3 is 0 Å². The Morgan fingerprint density at radius 2 is 1.87 bits per heavy atom. The molecule has 0 bridgehead atoms. The van der Waals surface area contributed by atoms with Gasteiger partial charge in [0.1, 0.15) is 0 Å². The van der Waals surface area contributed by atoms with Crippen LogP contribution in [0.2, 0.25) is 0 Å². The average Bonchev–Trinajstić information content (AvgIpc) is 2.75. The quantitative estimate of drug-likeness (QED) is 0.563. The highest BCUT2D eigenvalue weighted by Crippen LogP contribution is 2.05. The van der Waals surface area contributed by atoms with E-state index in [1.165, 1.54) is 32.5 Å². The van der Waals surface area contributed by atoms with Crippen molar-refractivity contribution in [3.63, 3.8) is 0 Å². The minimum absolute atomic E-state index is 0.688. The summed E-state index contributed by atoms with van der Waals surface area (Å²) in [4.78, 5) is 2.51. The Labute approximate surface area is 92.9 Å². The Bertz CT molecular complexity index is 139. The maximum atomic E-state index is 5.34. The molecule has 0 unspecified atom stereocenters. The van der Waals surface area contributed by atoms with Gasteiger partial charge < -0.3 is 19.7 Å². The van der Waals surface area contributed by atoms with Crippen molar-refractivity contribution in [2.24, 2.45) is 0 Å². The van der Waals surface area contributed by atoms with E-state index in [9.17, 15) is 0 Å². The average molecular weight is 216 g/mol. The van der Waals surface area contributed by atoms with Crippen molar-refractivity contribution in [1.82, 2.24) is 10.2 Å². The van der Waals surface area contributed by atoms with Crippen molar-refractivity contribution in [3.8, 4) is 0 Å². The molecule has 1 aliphatic heterocycles. The fourth-order valence-electron chi connectivity index (χ4n) is 1.76. The summed E-state index contributed by atoms with van der Waals surface area (Å²) in [5.41, 5.74) is 0. The lowest BCUT2D eigenvalue weighted by Gasteiger charge is -2.14. The zero-order chi connectivity index (χ0) is 10.8. The predicted molar refractivity (Wildman–Crippen MR) is 61.2 cm³/mol. The Morgan fingerprint density at radius 1 is 1.07 bits per heavy atom. The molecule has 0 aromatic heterocycles. The van der Waals surface area contributed by atoms with Crippen molar-refractivity contribution in [2.45, 2.75) is 12.8 Å². The van der Waals surface area contributed by atoms with E-state index in [-0.39, 0.29) is 0 Å². The molecule has 0 aliphatic carbocycles. The van der Waals surface area contributed by atoms with E-state index in [1.807, 2.05) is 0 Å². The van der Waals surface area contributed by atoms with E-state index in [0.717, 1.165) is 19.7 Å². The van der Waals surface area contributed by atoms with Crippen LogP contribution in [-0.2, 0) is 9.47 Å². The van der Waals surface area contributed by atoms with Crippen molar-refractivity contribution >= 4 is 0 Å². The molecule has 4 heteroatoms. The van der Waals surface area contributed by atoms with E-state index < -0.39 is 0 Å². The number of rotatable bonds is 9. The fraction of sp³-hybridized carbons (Fsp3) is 1.00. The Kier molecular flexibility index (Phi) is 7.83. The summed E-state index contributed by atoms with van der Waals surface area (Å²) >= 11 is 0. The number of ether oxygens (including phenoxy) is 2. The topological polar surface area (TPSA) is 33.7 Å². The third-order valence-electron chi connectivity index (χ3n) is 2.66. The first-order valence-electron chi connectivity index (χ1n) is 5.93. The van der Waals surface area contributed by atoms with Gasteiger partial charge in [0, 0.05) is 26.7 Å². The normalized spacial score (nSPS) is 17.4. The van der Waals surface area contributed by atoms with E-state index in [1.54, 1.807) is 7.11 Å². The summed E-state index contributed by atoms with van der Waals surface area (Å²) in [6.07, 6.45) is 2.75. The molecule has 1 rings (SSSR count). The van der Waals surface area contributed by atoms with Gasteiger partial charge in [0.25, 0.3) is 0 Å². The van der Waals surface area contributed by atoms with Gasteiger partial charge in [0.15, 0.2) is 0 Å². The molecule has 0 spiro atoms. The third-order valence-corrected chi connectivity index (χ3v) is 2.66. The highest BCUT2D eigenvalue weighted by molar-refractivity contribution is 4.66. The van der Waals surface area contributed by atoms with Gasteiger partial charge in [-0.1, -0.05) is 0 Å². The standard InChI is InChI=1S/C11H24N2O2/c1-14-10-11-15-9-5-12-4-8-13-6-2-3-7-13/h12H,2-11H2,1H3. The summed E-state index contributed by atoms with van der Waals surface area (Å²) in [6.45, 7) is 7.93. The smallest absolute Gasteiger partial charge is 0.0700 e. The van der Waals surface area contributed by atoms with Gasteiger partial charge in [-0.05, 0) is 25.9 Å². The Morgan fingerprint density at radius 3 is 2.60 bits per heavy atom. The maximum absolute atomic E-state index is 5.34. The minimum atomic E-state index is 0.688. The van der Waals surface area contributed by atoms with Crippen molar-refractivity contribution < 1.29 is 9.47 Å². The van der Waals surface area contributed by atoms with Gasteiger partial charge in [-0.3, -0.25) is 0 Å². The van der Waals surface area contributed by atoms with Crippen LogP contribution >= 0.6 is 0 Å². The molecule has 1 aliphatic rings. The summed E-state index contributed by atoms with van der Waals surface area (Å²) in [5, 5.41) is 3.38. The first kappa shape index (κ1) is 12.9. The lowest BCUT2D eigenvalue weighted by molar-refractivity contribution is 0.0718. The second-order valence-electron chi connectivity index (χ2n) is 3.90. The van der Waals surface area contributed by atoms with E-state index in [4.69, 9.17) is 9.47 Å². The Hall–Kier alpha value is -0.160. The Balaban J connectivity index is 1.73. The van der Waals surface area contributed by atoms with Crippen LogP contribution in [0.1, 0.15) is 12.8 Å². The highest BCUT2D eigenvalue weighted by Gasteiger charge is 2.09. The lowest BCUT2D eigenvalue weighted by atomic mass is 10.4. The van der Waals surface area contributed by atoms with Crippen LogP contribution in [0.3, 0.4) is 0 Å². The number of likely N-dealkylation sites (tertiary alicyclic amines) is 1. The van der Waals surface area contributed by atoms with Gasteiger partial charge in [-0.15, -0.1) is 0 Å². The summed E-state index contributed by atoms with van der Waals surface area (Å²) in [5.74, 6) is 0. The highest BCUT2D eigenvalue weighted by atomic mass is 16.5.